The molecule has 0 fully saturated rings. The predicted molar refractivity (Wildman–Crippen MR) is 63.6 cm³/mol. The number of hydrogen-bond donors (Lipinski definition) is 0. The molecule has 1 nitrogen and oxygen atoms in total. The maximum Gasteiger partial charge on any atom is 0.134 e. The van der Waals surface area contributed by atoms with Crippen molar-refractivity contribution in [2.75, 3.05) is 0 Å². The highest BCUT2D eigenvalue weighted by atomic mass is 35.5. The van der Waals surface area contributed by atoms with E-state index in [2.05, 4.69) is 4.98 Å². The summed E-state index contributed by atoms with van der Waals surface area (Å²) in [7, 11) is 0. The number of alkyl halides is 1. The van der Waals surface area contributed by atoms with Crippen LogP contribution in [0.1, 0.15) is 5.56 Å². The summed E-state index contributed by atoms with van der Waals surface area (Å²) in [4.78, 5) is 4.06. The molecule has 2 aromatic rings. The highest BCUT2D eigenvalue weighted by Crippen LogP contribution is 2.24. The summed E-state index contributed by atoms with van der Waals surface area (Å²) in [6.45, 7) is 0. The lowest BCUT2D eigenvalue weighted by atomic mass is 10.1. The Labute approximate surface area is 98.5 Å². The van der Waals surface area contributed by atoms with E-state index in [9.17, 15) is 0 Å². The fourth-order valence-electron chi connectivity index (χ4n) is 1.33. The molecular formula is C10H8Cl3N. The normalized spacial score (nSPS) is 9.86. The fraction of sp³-hybridized carbons (Fsp3) is 0.100. The van der Waals surface area contributed by atoms with E-state index in [1.54, 1.807) is 6.20 Å². The monoisotopic (exact) mass is 247 g/mol. The first-order chi connectivity index (χ1) is 6.33. The fourth-order valence-corrected chi connectivity index (χ4v) is 1.88. The zero-order valence-electron chi connectivity index (χ0n) is 7.21. The molecule has 0 radical (unpaired) electrons. The Hall–Kier alpha value is -0.500. The smallest absolute Gasteiger partial charge is 0.134 e. The van der Waals surface area contributed by atoms with Gasteiger partial charge in [-0.2, -0.15) is 0 Å². The Morgan fingerprint density at radius 2 is 1.93 bits per heavy atom. The van der Waals surface area contributed by atoms with Gasteiger partial charge in [-0.3, -0.25) is 0 Å². The lowest BCUT2D eigenvalue weighted by Crippen LogP contribution is -1.87. The van der Waals surface area contributed by atoms with Gasteiger partial charge in [-0.1, -0.05) is 35.9 Å². The second-order valence-electron chi connectivity index (χ2n) is 2.75. The predicted octanol–water partition coefficient (Wildman–Crippen LogP) is 4.05. The Kier molecular flexibility index (Phi) is 3.99. The zero-order valence-corrected chi connectivity index (χ0v) is 9.53. The van der Waals surface area contributed by atoms with Gasteiger partial charge < -0.3 is 0 Å². The summed E-state index contributed by atoms with van der Waals surface area (Å²) in [6.07, 6.45) is 1.76. The molecule has 4 heteroatoms. The Balaban J connectivity index is 0.000000980. The highest BCUT2D eigenvalue weighted by molar-refractivity contribution is 6.32. The molecule has 0 aliphatic rings. The summed E-state index contributed by atoms with van der Waals surface area (Å²) in [5.41, 5.74) is 0.904. The average molecular weight is 249 g/mol. The topological polar surface area (TPSA) is 12.9 Å². The quantitative estimate of drug-likeness (QED) is 0.548. The summed E-state index contributed by atoms with van der Waals surface area (Å²) < 4.78 is 0. The van der Waals surface area contributed by atoms with E-state index in [4.69, 9.17) is 23.2 Å². The summed E-state index contributed by atoms with van der Waals surface area (Å²) in [5, 5.41) is 2.65. The lowest BCUT2D eigenvalue weighted by Gasteiger charge is -2.03. The number of nitrogens with zero attached hydrogens (tertiary/aromatic N) is 1. The first kappa shape index (κ1) is 11.6. The van der Waals surface area contributed by atoms with E-state index in [1.165, 1.54) is 0 Å². The molecule has 0 N–H and O–H groups in total. The Morgan fingerprint density at radius 1 is 1.21 bits per heavy atom. The summed E-state index contributed by atoms with van der Waals surface area (Å²) in [5.74, 6) is 0.396. The molecule has 0 spiro atoms. The van der Waals surface area contributed by atoms with Gasteiger partial charge in [-0.25, -0.2) is 4.98 Å². The van der Waals surface area contributed by atoms with Gasteiger partial charge in [-0.05, 0) is 5.39 Å². The van der Waals surface area contributed by atoms with Crippen LogP contribution in [-0.2, 0) is 5.88 Å². The van der Waals surface area contributed by atoms with Crippen LogP contribution in [0.3, 0.4) is 0 Å². The van der Waals surface area contributed by atoms with Crippen LogP contribution in [0.2, 0.25) is 5.15 Å². The second kappa shape index (κ2) is 4.83. The van der Waals surface area contributed by atoms with Gasteiger partial charge in [0.1, 0.15) is 5.15 Å². The molecule has 1 heterocycles. The molecule has 0 saturated heterocycles. The van der Waals surface area contributed by atoms with Gasteiger partial charge in [0.15, 0.2) is 0 Å². The SMILES string of the molecule is Cl.ClCc1c(Cl)ncc2ccccc12. The molecule has 0 atom stereocenters. The van der Waals surface area contributed by atoms with Gasteiger partial charge >= 0.3 is 0 Å². The van der Waals surface area contributed by atoms with Crippen molar-refractivity contribution in [1.82, 2.24) is 4.98 Å². The van der Waals surface area contributed by atoms with Crippen molar-refractivity contribution in [2.24, 2.45) is 0 Å². The molecular weight excluding hydrogens is 240 g/mol. The number of benzene rings is 1. The van der Waals surface area contributed by atoms with Gasteiger partial charge in [0.05, 0.1) is 5.88 Å². The molecule has 0 amide bonds. The van der Waals surface area contributed by atoms with Gasteiger partial charge in [0.2, 0.25) is 0 Å². The van der Waals surface area contributed by atoms with E-state index < -0.39 is 0 Å². The van der Waals surface area contributed by atoms with Crippen LogP contribution in [0.15, 0.2) is 30.5 Å². The molecule has 0 saturated carbocycles. The standard InChI is InChI=1S/C10H7Cl2N.ClH/c11-5-9-8-4-2-1-3-7(8)6-13-10(9)12;/h1-4,6H,5H2;1H. The second-order valence-corrected chi connectivity index (χ2v) is 3.37. The van der Waals surface area contributed by atoms with Crippen molar-refractivity contribution in [1.29, 1.82) is 0 Å². The number of rotatable bonds is 1. The van der Waals surface area contributed by atoms with Crippen molar-refractivity contribution in [3.05, 3.63) is 41.2 Å². The average Bonchev–Trinajstić information content (AvgIpc) is 2.18. The maximum absolute atomic E-state index is 5.91. The van der Waals surface area contributed by atoms with Crippen molar-refractivity contribution < 1.29 is 0 Å². The number of hydrogen-bond acceptors (Lipinski definition) is 1. The third-order valence-corrected chi connectivity index (χ3v) is 2.58. The van der Waals surface area contributed by atoms with Crippen LogP contribution in [-0.4, -0.2) is 4.98 Å². The highest BCUT2D eigenvalue weighted by Gasteiger charge is 2.04. The largest absolute Gasteiger partial charge is 0.244 e. The minimum atomic E-state index is 0. The minimum Gasteiger partial charge on any atom is -0.244 e. The lowest BCUT2D eigenvalue weighted by molar-refractivity contribution is 1.29. The number of halogens is 3. The molecule has 1 aromatic carbocycles. The Morgan fingerprint density at radius 3 is 2.64 bits per heavy atom. The summed E-state index contributed by atoms with van der Waals surface area (Å²) >= 11 is 11.7. The van der Waals surface area contributed by atoms with E-state index in [0.29, 0.717) is 11.0 Å². The number of aromatic nitrogens is 1. The molecule has 1 aromatic heterocycles. The van der Waals surface area contributed by atoms with Crippen molar-refractivity contribution >= 4 is 46.4 Å². The molecule has 0 unspecified atom stereocenters. The van der Waals surface area contributed by atoms with E-state index in [0.717, 1.165) is 16.3 Å². The minimum absolute atomic E-state index is 0. The first-order valence-electron chi connectivity index (χ1n) is 3.91. The summed E-state index contributed by atoms with van der Waals surface area (Å²) in [6, 6.07) is 7.93. The van der Waals surface area contributed by atoms with Crippen LogP contribution in [0.4, 0.5) is 0 Å². The van der Waals surface area contributed by atoms with E-state index in [-0.39, 0.29) is 12.4 Å². The van der Waals surface area contributed by atoms with Crippen molar-refractivity contribution in [2.45, 2.75) is 5.88 Å². The maximum atomic E-state index is 5.91. The number of fused-ring (bicyclic) bond motifs is 1. The van der Waals surface area contributed by atoms with Gasteiger partial charge in [-0.15, -0.1) is 24.0 Å². The molecule has 2 rings (SSSR count). The van der Waals surface area contributed by atoms with E-state index >= 15 is 0 Å². The molecule has 74 valence electrons. The van der Waals surface area contributed by atoms with Crippen molar-refractivity contribution in [3.8, 4) is 0 Å². The first-order valence-corrected chi connectivity index (χ1v) is 4.82. The van der Waals surface area contributed by atoms with Crippen LogP contribution in [0.25, 0.3) is 10.8 Å². The molecule has 0 bridgehead atoms. The molecule has 14 heavy (non-hydrogen) atoms. The van der Waals surface area contributed by atoms with Crippen LogP contribution >= 0.6 is 35.6 Å². The van der Waals surface area contributed by atoms with E-state index in [1.807, 2.05) is 24.3 Å². The van der Waals surface area contributed by atoms with Crippen LogP contribution in [0.5, 0.6) is 0 Å². The zero-order chi connectivity index (χ0) is 9.26. The molecule has 0 aliphatic carbocycles. The third kappa shape index (κ3) is 1.95. The van der Waals surface area contributed by atoms with Crippen LogP contribution < -0.4 is 0 Å². The number of pyridine rings is 1. The van der Waals surface area contributed by atoms with Gasteiger partial charge in [0.25, 0.3) is 0 Å². The van der Waals surface area contributed by atoms with Crippen LogP contribution in [0, 0.1) is 0 Å². The third-order valence-electron chi connectivity index (χ3n) is 1.99. The molecule has 0 aliphatic heterocycles. The Bertz CT molecular complexity index is 442. The van der Waals surface area contributed by atoms with Gasteiger partial charge in [0, 0.05) is 17.1 Å². The van der Waals surface area contributed by atoms with Crippen molar-refractivity contribution in [3.63, 3.8) is 0 Å².